The second kappa shape index (κ2) is 8.57. The van der Waals surface area contributed by atoms with Crippen LogP contribution in [-0.2, 0) is 9.90 Å². The van der Waals surface area contributed by atoms with Crippen molar-refractivity contribution in [3.63, 3.8) is 0 Å². The van der Waals surface area contributed by atoms with Gasteiger partial charge in [-0.25, -0.2) is 4.98 Å². The summed E-state index contributed by atoms with van der Waals surface area (Å²) >= 11 is 3.45. The second-order valence-corrected chi connectivity index (χ2v) is 9.46. The summed E-state index contributed by atoms with van der Waals surface area (Å²) in [4.78, 5) is 4.58. The molecule has 3 rings (SSSR count). The maximum atomic E-state index is 13.4. The Hall–Kier alpha value is -2.34. The molecular weight excluding hydrogens is 421 g/mol. The Labute approximate surface area is 168 Å². The predicted molar refractivity (Wildman–Crippen MR) is 115 cm³/mol. The molecule has 0 aliphatic carbocycles. The highest BCUT2D eigenvalue weighted by Gasteiger charge is 2.23. The minimum atomic E-state index is -2.79. The summed E-state index contributed by atoms with van der Waals surface area (Å²) in [5, 5.41) is 1.37. The van der Waals surface area contributed by atoms with E-state index < -0.39 is 7.14 Å². The van der Waals surface area contributed by atoms with Gasteiger partial charge < -0.3 is 9.30 Å². The van der Waals surface area contributed by atoms with Gasteiger partial charge in [-0.15, -0.1) is 0 Å². The van der Waals surface area contributed by atoms with E-state index in [4.69, 9.17) is 4.74 Å². The summed E-state index contributed by atoms with van der Waals surface area (Å²) in [6, 6.07) is 20.8. The second-order valence-electron chi connectivity index (χ2n) is 6.08. The highest BCUT2D eigenvalue weighted by Crippen LogP contribution is 2.38. The van der Waals surface area contributed by atoms with Crippen LogP contribution in [0.25, 0.3) is 0 Å². The van der Waals surface area contributed by atoms with Gasteiger partial charge in [-0.3, -0.25) is 0 Å². The van der Waals surface area contributed by atoms with Gasteiger partial charge in [0.05, 0.1) is 12.8 Å². The van der Waals surface area contributed by atoms with Gasteiger partial charge in [0.1, 0.15) is 11.2 Å². The number of methoxy groups -OCH3 is 1. The largest absolute Gasteiger partial charge is 0.497 e. The first-order valence-corrected chi connectivity index (χ1v) is 11.7. The van der Waals surface area contributed by atoms with E-state index in [2.05, 4.69) is 32.8 Å². The molecule has 2 aromatic carbocycles. The molecule has 0 saturated heterocycles. The van der Waals surface area contributed by atoms with Crippen molar-refractivity contribution < 1.29 is 9.30 Å². The van der Waals surface area contributed by atoms with Crippen LogP contribution >= 0.6 is 23.1 Å². The van der Waals surface area contributed by atoms with Crippen LogP contribution in [-0.4, -0.2) is 18.8 Å². The average molecular weight is 440 g/mol. The van der Waals surface area contributed by atoms with E-state index in [-0.39, 0.29) is 0 Å². The Morgan fingerprint density at radius 3 is 2.30 bits per heavy atom. The van der Waals surface area contributed by atoms with Crippen molar-refractivity contribution in [3.8, 4) is 17.6 Å². The lowest BCUT2D eigenvalue weighted by Gasteiger charge is -2.14. The monoisotopic (exact) mass is 439 g/mol. The quantitative estimate of drug-likeness (QED) is 0.345. The van der Waals surface area contributed by atoms with Crippen molar-refractivity contribution >= 4 is 33.8 Å². The maximum Gasteiger partial charge on any atom is 0.157 e. The molecule has 1 atom stereocenters. The lowest BCUT2D eigenvalue weighted by atomic mass is 10.2. The van der Waals surface area contributed by atoms with Crippen LogP contribution in [0.1, 0.15) is 16.8 Å². The van der Waals surface area contributed by atoms with Gasteiger partial charge in [0.2, 0.25) is 0 Å². The smallest absolute Gasteiger partial charge is 0.157 e. The lowest BCUT2D eigenvalue weighted by Crippen LogP contribution is -2.19. The van der Waals surface area contributed by atoms with Gasteiger partial charge in [-0.1, -0.05) is 58.1 Å². The van der Waals surface area contributed by atoms with Crippen LogP contribution in [0, 0.1) is 11.8 Å². The first kappa shape index (κ1) is 19.4. The van der Waals surface area contributed by atoms with E-state index in [1.54, 1.807) is 13.8 Å². The maximum absolute atomic E-state index is 13.4. The van der Waals surface area contributed by atoms with Crippen molar-refractivity contribution in [3.05, 3.63) is 83.6 Å². The first-order valence-electron chi connectivity index (χ1n) is 8.39. The number of pyridine rings is 1. The molecule has 1 heterocycles. The van der Waals surface area contributed by atoms with Crippen LogP contribution in [0.3, 0.4) is 0 Å². The summed E-state index contributed by atoms with van der Waals surface area (Å²) in [5.41, 5.74) is 3.06. The SMILES string of the molecule is COc1ccc(C#Cc2cc(CBr)nc(P(C)(=O)c3ccccc3)c2)cc1. The normalized spacial score (nSPS) is 12.6. The van der Waals surface area contributed by atoms with Crippen molar-refractivity contribution in [2.24, 2.45) is 0 Å². The predicted octanol–water partition coefficient (Wildman–Crippen LogP) is 4.33. The molecule has 0 saturated carbocycles. The molecule has 1 unspecified atom stereocenters. The topological polar surface area (TPSA) is 39.2 Å². The summed E-state index contributed by atoms with van der Waals surface area (Å²) < 4.78 is 18.6. The number of halogens is 1. The van der Waals surface area contributed by atoms with Crippen LogP contribution in [0.4, 0.5) is 0 Å². The van der Waals surface area contributed by atoms with Gasteiger partial charge in [-0.2, -0.15) is 0 Å². The molecule has 3 nitrogen and oxygen atoms in total. The van der Waals surface area contributed by atoms with E-state index in [9.17, 15) is 4.57 Å². The zero-order valence-electron chi connectivity index (χ0n) is 15.1. The van der Waals surface area contributed by atoms with E-state index >= 15 is 0 Å². The van der Waals surface area contributed by atoms with Crippen LogP contribution in [0.15, 0.2) is 66.7 Å². The van der Waals surface area contributed by atoms with Crippen molar-refractivity contribution in [2.75, 3.05) is 13.8 Å². The Balaban J connectivity index is 1.99. The van der Waals surface area contributed by atoms with Gasteiger partial charge >= 0.3 is 0 Å². The number of aromatic nitrogens is 1. The summed E-state index contributed by atoms with van der Waals surface area (Å²) in [6.45, 7) is 1.75. The Bertz CT molecular complexity index is 1040. The molecule has 0 bridgehead atoms. The Morgan fingerprint density at radius 1 is 1.00 bits per heavy atom. The number of ether oxygens (including phenoxy) is 1. The molecule has 0 fully saturated rings. The van der Waals surface area contributed by atoms with Crippen LogP contribution < -0.4 is 15.5 Å². The van der Waals surface area contributed by atoms with Gasteiger partial charge in [0.25, 0.3) is 0 Å². The average Bonchev–Trinajstić information content (AvgIpc) is 2.73. The molecule has 0 amide bonds. The fourth-order valence-electron chi connectivity index (χ4n) is 2.59. The molecule has 0 aliphatic heterocycles. The van der Waals surface area contributed by atoms with E-state index in [0.29, 0.717) is 10.8 Å². The molecule has 0 spiro atoms. The molecule has 0 aliphatic rings. The minimum absolute atomic E-state index is 0.574. The molecule has 136 valence electrons. The van der Waals surface area contributed by atoms with E-state index in [1.807, 2.05) is 66.7 Å². The third-order valence-corrected chi connectivity index (χ3v) is 7.09. The highest BCUT2D eigenvalue weighted by atomic mass is 79.9. The van der Waals surface area contributed by atoms with Crippen LogP contribution in [0.2, 0.25) is 0 Å². The number of benzene rings is 2. The number of hydrogen-bond donors (Lipinski definition) is 0. The highest BCUT2D eigenvalue weighted by molar-refractivity contribution is 9.08. The van der Waals surface area contributed by atoms with E-state index in [1.165, 1.54) is 0 Å². The molecule has 3 aromatic rings. The third-order valence-electron chi connectivity index (χ3n) is 4.13. The van der Waals surface area contributed by atoms with Gasteiger partial charge in [0.15, 0.2) is 7.14 Å². The number of rotatable bonds is 4. The zero-order chi connectivity index (χ0) is 19.3. The third kappa shape index (κ3) is 4.69. The lowest BCUT2D eigenvalue weighted by molar-refractivity contribution is 0.415. The fraction of sp³-hybridized carbons (Fsp3) is 0.136. The fourth-order valence-corrected chi connectivity index (χ4v) is 4.59. The van der Waals surface area contributed by atoms with Gasteiger partial charge in [-0.05, 0) is 43.1 Å². The van der Waals surface area contributed by atoms with Crippen LogP contribution in [0.5, 0.6) is 5.75 Å². The molecule has 0 radical (unpaired) electrons. The molecule has 5 heteroatoms. The number of nitrogens with zero attached hydrogens (tertiary/aromatic N) is 1. The molecule has 1 aromatic heterocycles. The van der Waals surface area contributed by atoms with Crippen molar-refractivity contribution in [2.45, 2.75) is 5.33 Å². The molecule has 0 N–H and O–H groups in total. The Morgan fingerprint density at radius 2 is 1.67 bits per heavy atom. The van der Waals surface area contributed by atoms with Crippen molar-refractivity contribution in [1.29, 1.82) is 0 Å². The summed E-state index contributed by atoms with van der Waals surface area (Å²) in [5.74, 6) is 7.10. The zero-order valence-corrected chi connectivity index (χ0v) is 17.6. The van der Waals surface area contributed by atoms with Gasteiger partial charge in [0, 0.05) is 21.8 Å². The first-order chi connectivity index (χ1) is 13.0. The molecule has 27 heavy (non-hydrogen) atoms. The minimum Gasteiger partial charge on any atom is -0.497 e. The standard InChI is InChI=1S/C22H19BrNO2P/c1-26-20-12-10-17(11-13-20)8-9-18-14-19(16-23)24-22(15-18)27(2,25)21-6-4-3-5-7-21/h3-7,10-15H,16H2,1-2H3. The summed E-state index contributed by atoms with van der Waals surface area (Å²) in [6.07, 6.45) is 0. The van der Waals surface area contributed by atoms with Crippen molar-refractivity contribution in [1.82, 2.24) is 4.98 Å². The Kier molecular flexibility index (Phi) is 6.16. The number of hydrogen-bond acceptors (Lipinski definition) is 3. The molecular formula is C22H19BrNO2P. The summed E-state index contributed by atoms with van der Waals surface area (Å²) in [7, 11) is -1.15. The van der Waals surface area contributed by atoms with E-state index in [0.717, 1.165) is 27.9 Å². The number of alkyl halides is 1.